The number of morpholine rings is 1. The molecular formula is C16H27N3O. The van der Waals surface area contributed by atoms with E-state index in [0.29, 0.717) is 0 Å². The van der Waals surface area contributed by atoms with Crippen LogP contribution in [-0.4, -0.2) is 43.3 Å². The van der Waals surface area contributed by atoms with Crippen LogP contribution in [0.3, 0.4) is 0 Å². The van der Waals surface area contributed by atoms with Gasteiger partial charge in [-0.1, -0.05) is 38.1 Å². The summed E-state index contributed by atoms with van der Waals surface area (Å²) in [6, 6.07) is 8.95. The lowest BCUT2D eigenvalue weighted by molar-refractivity contribution is -0.0447. The Labute approximate surface area is 122 Å². The predicted octanol–water partition coefficient (Wildman–Crippen LogP) is 1.34. The monoisotopic (exact) mass is 277 g/mol. The zero-order chi connectivity index (χ0) is 14.4. The molecule has 3 N–H and O–H groups in total. The summed E-state index contributed by atoms with van der Waals surface area (Å²) in [5, 5.41) is 0. The molecule has 1 fully saturated rings. The highest BCUT2D eigenvalue weighted by molar-refractivity contribution is 5.23. The van der Waals surface area contributed by atoms with Gasteiger partial charge in [-0.25, -0.2) is 0 Å². The Balaban J connectivity index is 1.96. The normalized spacial score (nSPS) is 21.9. The zero-order valence-electron chi connectivity index (χ0n) is 12.6. The van der Waals surface area contributed by atoms with Crippen LogP contribution in [-0.2, 0) is 17.6 Å². The Morgan fingerprint density at radius 3 is 2.60 bits per heavy atom. The summed E-state index contributed by atoms with van der Waals surface area (Å²) in [7, 11) is 0. The molecule has 4 heteroatoms. The number of likely N-dealkylation sites (N-methyl/N-ethyl adjacent to an activating group) is 1. The first-order valence-corrected chi connectivity index (χ1v) is 7.64. The quantitative estimate of drug-likeness (QED) is 0.609. The maximum absolute atomic E-state index is 5.90. The Kier molecular flexibility index (Phi) is 5.98. The van der Waals surface area contributed by atoms with Crippen LogP contribution < -0.4 is 11.3 Å². The van der Waals surface area contributed by atoms with E-state index in [-0.39, 0.29) is 12.1 Å². The molecule has 1 aliphatic rings. The fourth-order valence-corrected chi connectivity index (χ4v) is 2.72. The van der Waals surface area contributed by atoms with Gasteiger partial charge in [-0.3, -0.25) is 16.2 Å². The molecule has 0 radical (unpaired) electrons. The first-order valence-electron chi connectivity index (χ1n) is 7.64. The summed E-state index contributed by atoms with van der Waals surface area (Å²) in [4.78, 5) is 2.42. The highest BCUT2D eigenvalue weighted by Crippen LogP contribution is 2.14. The summed E-state index contributed by atoms with van der Waals surface area (Å²) in [6.45, 7) is 8.22. The highest BCUT2D eigenvalue weighted by atomic mass is 16.5. The third kappa shape index (κ3) is 4.03. The molecule has 0 amide bonds. The molecule has 4 nitrogen and oxygen atoms in total. The van der Waals surface area contributed by atoms with Gasteiger partial charge in [0.2, 0.25) is 0 Å². The molecule has 112 valence electrons. The molecule has 0 saturated carbocycles. The van der Waals surface area contributed by atoms with E-state index in [4.69, 9.17) is 10.6 Å². The van der Waals surface area contributed by atoms with Crippen LogP contribution in [0.1, 0.15) is 25.0 Å². The molecule has 0 aromatic heterocycles. The zero-order valence-corrected chi connectivity index (χ0v) is 12.6. The molecule has 20 heavy (non-hydrogen) atoms. The van der Waals surface area contributed by atoms with Crippen molar-refractivity contribution in [2.75, 3.05) is 26.2 Å². The first kappa shape index (κ1) is 15.4. The predicted molar refractivity (Wildman–Crippen MR) is 82.5 cm³/mol. The van der Waals surface area contributed by atoms with E-state index in [2.05, 4.69) is 48.4 Å². The minimum absolute atomic E-state index is 0.164. The number of ether oxygens (including phenoxy) is 1. The highest BCUT2D eigenvalue weighted by Gasteiger charge is 2.26. The summed E-state index contributed by atoms with van der Waals surface area (Å²) < 4.78 is 5.90. The van der Waals surface area contributed by atoms with Crippen LogP contribution in [0.4, 0.5) is 0 Å². The minimum atomic E-state index is 0.164. The van der Waals surface area contributed by atoms with E-state index in [0.717, 1.165) is 39.1 Å². The molecule has 0 bridgehead atoms. The van der Waals surface area contributed by atoms with Crippen molar-refractivity contribution in [3.05, 3.63) is 35.4 Å². The van der Waals surface area contributed by atoms with Crippen molar-refractivity contribution >= 4 is 0 Å². The maximum atomic E-state index is 5.90. The Morgan fingerprint density at radius 2 is 2.00 bits per heavy atom. The molecule has 1 saturated heterocycles. The van der Waals surface area contributed by atoms with Gasteiger partial charge in [0.25, 0.3) is 0 Å². The van der Waals surface area contributed by atoms with Crippen LogP contribution in [0.5, 0.6) is 0 Å². The van der Waals surface area contributed by atoms with E-state index >= 15 is 0 Å². The van der Waals surface area contributed by atoms with E-state index in [1.807, 2.05) is 0 Å². The first-order chi connectivity index (χ1) is 9.76. The summed E-state index contributed by atoms with van der Waals surface area (Å²) in [5.74, 6) is 5.75. The van der Waals surface area contributed by atoms with E-state index in [1.54, 1.807) is 0 Å². The third-order valence-electron chi connectivity index (χ3n) is 4.17. The lowest BCUT2D eigenvalue weighted by Gasteiger charge is -2.36. The molecule has 1 heterocycles. The molecule has 2 unspecified atom stereocenters. The van der Waals surface area contributed by atoms with Gasteiger partial charge < -0.3 is 4.74 Å². The number of nitrogens with two attached hydrogens (primary N) is 1. The van der Waals surface area contributed by atoms with Crippen LogP contribution in [0.25, 0.3) is 0 Å². The average molecular weight is 277 g/mol. The molecule has 2 atom stereocenters. The van der Waals surface area contributed by atoms with Crippen molar-refractivity contribution in [3.8, 4) is 0 Å². The fraction of sp³-hybridized carbons (Fsp3) is 0.625. The SMILES string of the molecule is CCc1ccc(CC(NN)C2CN(CC)CCO2)cc1. The summed E-state index contributed by atoms with van der Waals surface area (Å²) >= 11 is 0. The lowest BCUT2D eigenvalue weighted by Crippen LogP contribution is -2.54. The largest absolute Gasteiger partial charge is 0.374 e. The molecule has 2 rings (SSSR count). The fourth-order valence-electron chi connectivity index (χ4n) is 2.72. The number of hydrogen-bond acceptors (Lipinski definition) is 4. The topological polar surface area (TPSA) is 50.5 Å². The van der Waals surface area contributed by atoms with Gasteiger partial charge in [-0.15, -0.1) is 0 Å². The number of rotatable bonds is 6. The van der Waals surface area contributed by atoms with Gasteiger partial charge in [0.15, 0.2) is 0 Å². The number of aryl methyl sites for hydroxylation is 1. The van der Waals surface area contributed by atoms with Gasteiger partial charge in [-0.2, -0.15) is 0 Å². The van der Waals surface area contributed by atoms with Crippen LogP contribution >= 0.6 is 0 Å². The van der Waals surface area contributed by atoms with Gasteiger partial charge in [0.1, 0.15) is 0 Å². The second-order valence-corrected chi connectivity index (χ2v) is 5.45. The molecule has 0 spiro atoms. The van der Waals surface area contributed by atoms with Crippen LogP contribution in [0.2, 0.25) is 0 Å². The third-order valence-corrected chi connectivity index (χ3v) is 4.17. The molecule has 1 aromatic rings. The van der Waals surface area contributed by atoms with Gasteiger partial charge >= 0.3 is 0 Å². The second-order valence-electron chi connectivity index (χ2n) is 5.45. The van der Waals surface area contributed by atoms with Crippen molar-refractivity contribution in [1.82, 2.24) is 10.3 Å². The second kappa shape index (κ2) is 7.74. The Morgan fingerprint density at radius 1 is 1.30 bits per heavy atom. The van der Waals surface area contributed by atoms with Crippen molar-refractivity contribution in [2.24, 2.45) is 5.84 Å². The molecule has 1 aliphatic heterocycles. The Bertz CT molecular complexity index is 393. The van der Waals surface area contributed by atoms with Crippen molar-refractivity contribution in [1.29, 1.82) is 0 Å². The van der Waals surface area contributed by atoms with Gasteiger partial charge in [0, 0.05) is 13.1 Å². The number of hydrogen-bond donors (Lipinski definition) is 2. The Hall–Kier alpha value is -0.940. The summed E-state index contributed by atoms with van der Waals surface area (Å²) in [5.41, 5.74) is 5.62. The number of nitrogens with one attached hydrogen (secondary N) is 1. The van der Waals surface area contributed by atoms with Gasteiger partial charge in [-0.05, 0) is 30.5 Å². The molecule has 1 aromatic carbocycles. The average Bonchev–Trinajstić information content (AvgIpc) is 2.53. The standard InChI is InChI=1S/C16H27N3O/c1-3-13-5-7-14(8-6-13)11-15(18-17)16-12-19(4-2)9-10-20-16/h5-8,15-16,18H,3-4,9-12,17H2,1-2H3. The van der Waals surface area contributed by atoms with E-state index < -0.39 is 0 Å². The number of nitrogens with zero attached hydrogens (tertiary/aromatic N) is 1. The number of hydrazine groups is 1. The van der Waals surface area contributed by atoms with Crippen molar-refractivity contribution in [2.45, 2.75) is 38.8 Å². The van der Waals surface area contributed by atoms with E-state index in [9.17, 15) is 0 Å². The minimum Gasteiger partial charge on any atom is -0.374 e. The van der Waals surface area contributed by atoms with Crippen LogP contribution in [0.15, 0.2) is 24.3 Å². The van der Waals surface area contributed by atoms with Crippen molar-refractivity contribution < 1.29 is 4.74 Å². The molecular weight excluding hydrogens is 250 g/mol. The van der Waals surface area contributed by atoms with E-state index in [1.165, 1.54) is 11.1 Å². The smallest absolute Gasteiger partial charge is 0.0871 e. The van der Waals surface area contributed by atoms with Crippen molar-refractivity contribution in [3.63, 3.8) is 0 Å². The van der Waals surface area contributed by atoms with Gasteiger partial charge in [0.05, 0.1) is 18.8 Å². The summed E-state index contributed by atoms with van der Waals surface area (Å²) in [6.07, 6.45) is 2.15. The van der Waals surface area contributed by atoms with Crippen LogP contribution in [0, 0.1) is 0 Å². The number of benzene rings is 1. The molecule has 0 aliphatic carbocycles. The lowest BCUT2D eigenvalue weighted by atomic mass is 9.99. The maximum Gasteiger partial charge on any atom is 0.0871 e.